The summed E-state index contributed by atoms with van der Waals surface area (Å²) in [5.74, 6) is 0. The second kappa shape index (κ2) is 7.16. The SMILES string of the molecule is CCCc1cc(N2CCC3(CC2)C(O)CC3OCC)c2ccccc2n1. The third-order valence-electron chi connectivity index (χ3n) is 6.40. The fourth-order valence-electron chi connectivity index (χ4n) is 4.84. The molecule has 26 heavy (non-hydrogen) atoms. The molecule has 1 aromatic heterocycles. The van der Waals surface area contributed by atoms with Crippen LogP contribution in [0.5, 0.6) is 0 Å². The first kappa shape index (κ1) is 17.7. The van der Waals surface area contributed by atoms with E-state index in [4.69, 9.17) is 9.72 Å². The van der Waals surface area contributed by atoms with E-state index in [0.29, 0.717) is 0 Å². The average Bonchev–Trinajstić information content (AvgIpc) is 2.68. The normalized spacial score (nSPS) is 24.8. The van der Waals surface area contributed by atoms with E-state index in [0.717, 1.165) is 57.3 Å². The van der Waals surface area contributed by atoms with Crippen LogP contribution in [0.1, 0.15) is 45.2 Å². The van der Waals surface area contributed by atoms with Crippen molar-refractivity contribution in [2.75, 3.05) is 24.6 Å². The molecule has 1 aliphatic carbocycles. The van der Waals surface area contributed by atoms with Crippen molar-refractivity contribution in [2.45, 2.75) is 58.2 Å². The van der Waals surface area contributed by atoms with E-state index in [1.165, 1.54) is 16.8 Å². The van der Waals surface area contributed by atoms with Gasteiger partial charge in [-0.25, -0.2) is 0 Å². The Balaban J connectivity index is 1.59. The van der Waals surface area contributed by atoms with Gasteiger partial charge in [0, 0.05) is 48.3 Å². The Kier molecular flexibility index (Phi) is 4.89. The predicted molar refractivity (Wildman–Crippen MR) is 106 cm³/mol. The van der Waals surface area contributed by atoms with E-state index >= 15 is 0 Å². The van der Waals surface area contributed by atoms with Crippen molar-refractivity contribution in [3.63, 3.8) is 0 Å². The molecule has 0 amide bonds. The zero-order chi connectivity index (χ0) is 18.1. The lowest BCUT2D eigenvalue weighted by atomic mass is 9.58. The Morgan fingerprint density at radius 2 is 2.00 bits per heavy atom. The zero-order valence-corrected chi connectivity index (χ0v) is 15.9. The fraction of sp³-hybridized carbons (Fsp3) is 0.591. The minimum absolute atomic E-state index is 0.0262. The Bertz CT molecular complexity index is 766. The molecule has 1 spiro atoms. The van der Waals surface area contributed by atoms with Crippen molar-refractivity contribution in [3.05, 3.63) is 36.0 Å². The van der Waals surface area contributed by atoms with Crippen molar-refractivity contribution in [3.8, 4) is 0 Å². The topological polar surface area (TPSA) is 45.6 Å². The van der Waals surface area contributed by atoms with Gasteiger partial charge in [0.1, 0.15) is 0 Å². The molecule has 1 aromatic carbocycles. The molecule has 2 fully saturated rings. The lowest BCUT2D eigenvalue weighted by Gasteiger charge is -2.57. The van der Waals surface area contributed by atoms with E-state index in [-0.39, 0.29) is 17.6 Å². The fourth-order valence-corrected chi connectivity index (χ4v) is 4.84. The quantitative estimate of drug-likeness (QED) is 0.883. The molecule has 2 heterocycles. The number of para-hydroxylation sites is 1. The smallest absolute Gasteiger partial charge is 0.0726 e. The lowest BCUT2D eigenvalue weighted by molar-refractivity contribution is -0.199. The molecule has 4 rings (SSSR count). The highest BCUT2D eigenvalue weighted by Crippen LogP contribution is 2.51. The van der Waals surface area contributed by atoms with Crippen LogP contribution in [0, 0.1) is 5.41 Å². The summed E-state index contributed by atoms with van der Waals surface area (Å²) in [7, 11) is 0. The Labute approximate surface area is 156 Å². The third kappa shape index (κ3) is 2.89. The van der Waals surface area contributed by atoms with Crippen LogP contribution in [0.3, 0.4) is 0 Å². The van der Waals surface area contributed by atoms with Crippen LogP contribution in [0.25, 0.3) is 10.9 Å². The summed E-state index contributed by atoms with van der Waals surface area (Å²) >= 11 is 0. The number of fused-ring (bicyclic) bond motifs is 1. The molecule has 4 nitrogen and oxygen atoms in total. The number of ether oxygens (including phenoxy) is 1. The summed E-state index contributed by atoms with van der Waals surface area (Å²) in [6.07, 6.45) is 4.95. The third-order valence-corrected chi connectivity index (χ3v) is 6.40. The maximum Gasteiger partial charge on any atom is 0.0726 e. The lowest BCUT2D eigenvalue weighted by Crippen LogP contribution is -2.62. The average molecular weight is 354 g/mol. The van der Waals surface area contributed by atoms with Crippen molar-refractivity contribution >= 4 is 16.6 Å². The highest BCUT2D eigenvalue weighted by Gasteiger charge is 2.56. The van der Waals surface area contributed by atoms with Gasteiger partial charge in [0.2, 0.25) is 0 Å². The summed E-state index contributed by atoms with van der Waals surface area (Å²) < 4.78 is 5.92. The highest BCUT2D eigenvalue weighted by atomic mass is 16.5. The molecule has 2 atom stereocenters. The highest BCUT2D eigenvalue weighted by molar-refractivity contribution is 5.92. The number of aliphatic hydroxyl groups is 1. The van der Waals surface area contributed by atoms with Gasteiger partial charge in [-0.05, 0) is 38.3 Å². The van der Waals surface area contributed by atoms with E-state index in [1.807, 2.05) is 6.92 Å². The number of piperidine rings is 1. The van der Waals surface area contributed by atoms with Gasteiger partial charge in [-0.2, -0.15) is 0 Å². The number of anilines is 1. The van der Waals surface area contributed by atoms with Gasteiger partial charge in [0.15, 0.2) is 0 Å². The van der Waals surface area contributed by atoms with Crippen LogP contribution in [0.15, 0.2) is 30.3 Å². The molecule has 4 heteroatoms. The van der Waals surface area contributed by atoms with Gasteiger partial charge in [0.05, 0.1) is 17.7 Å². The molecule has 2 aromatic rings. The van der Waals surface area contributed by atoms with Gasteiger partial charge in [-0.1, -0.05) is 31.5 Å². The van der Waals surface area contributed by atoms with Crippen LogP contribution in [0.2, 0.25) is 0 Å². The molecular weight excluding hydrogens is 324 g/mol. The Morgan fingerprint density at radius 3 is 2.69 bits per heavy atom. The summed E-state index contributed by atoms with van der Waals surface area (Å²) in [4.78, 5) is 7.33. The number of hydrogen-bond acceptors (Lipinski definition) is 4. The largest absolute Gasteiger partial charge is 0.392 e. The number of hydrogen-bond donors (Lipinski definition) is 1. The van der Waals surface area contributed by atoms with Gasteiger partial charge in [-0.15, -0.1) is 0 Å². The van der Waals surface area contributed by atoms with E-state index in [1.54, 1.807) is 0 Å². The van der Waals surface area contributed by atoms with Crippen molar-refractivity contribution in [2.24, 2.45) is 5.41 Å². The number of rotatable bonds is 5. The second-order valence-corrected chi connectivity index (χ2v) is 7.82. The number of pyridine rings is 1. The van der Waals surface area contributed by atoms with Crippen LogP contribution in [-0.2, 0) is 11.2 Å². The van der Waals surface area contributed by atoms with E-state index < -0.39 is 0 Å². The van der Waals surface area contributed by atoms with Crippen molar-refractivity contribution in [1.82, 2.24) is 4.98 Å². The molecule has 0 bridgehead atoms. The number of benzene rings is 1. The zero-order valence-electron chi connectivity index (χ0n) is 15.9. The molecule has 2 aliphatic rings. The van der Waals surface area contributed by atoms with E-state index in [9.17, 15) is 5.11 Å². The van der Waals surface area contributed by atoms with Crippen LogP contribution in [0.4, 0.5) is 5.69 Å². The van der Waals surface area contributed by atoms with Crippen molar-refractivity contribution < 1.29 is 9.84 Å². The molecule has 1 N–H and O–H groups in total. The summed E-state index contributed by atoms with van der Waals surface area (Å²) in [5.41, 5.74) is 3.54. The molecule has 1 saturated carbocycles. The second-order valence-electron chi connectivity index (χ2n) is 7.82. The minimum atomic E-state index is -0.203. The van der Waals surface area contributed by atoms with E-state index in [2.05, 4.69) is 42.2 Å². The molecular formula is C22H30N2O2. The predicted octanol–water partition coefficient (Wildman–Crippen LogP) is 3.94. The maximum atomic E-state index is 10.5. The maximum absolute atomic E-state index is 10.5. The molecule has 1 saturated heterocycles. The van der Waals surface area contributed by atoms with Crippen LogP contribution in [-0.4, -0.2) is 42.0 Å². The first-order chi connectivity index (χ1) is 12.7. The Hall–Kier alpha value is -1.65. The summed E-state index contributed by atoms with van der Waals surface area (Å²) in [6.45, 7) is 6.93. The van der Waals surface area contributed by atoms with Gasteiger partial charge >= 0.3 is 0 Å². The summed E-state index contributed by atoms with van der Waals surface area (Å²) in [6, 6.07) is 10.7. The summed E-state index contributed by atoms with van der Waals surface area (Å²) in [5, 5.41) is 11.7. The molecule has 140 valence electrons. The number of aromatic nitrogens is 1. The molecule has 1 aliphatic heterocycles. The first-order valence-corrected chi connectivity index (χ1v) is 10.1. The molecule has 2 unspecified atom stereocenters. The number of aryl methyl sites for hydroxylation is 1. The van der Waals surface area contributed by atoms with Gasteiger partial charge < -0.3 is 14.7 Å². The first-order valence-electron chi connectivity index (χ1n) is 10.1. The monoisotopic (exact) mass is 354 g/mol. The van der Waals surface area contributed by atoms with Crippen LogP contribution >= 0.6 is 0 Å². The van der Waals surface area contributed by atoms with Gasteiger partial charge in [0.25, 0.3) is 0 Å². The van der Waals surface area contributed by atoms with Crippen LogP contribution < -0.4 is 4.90 Å². The number of nitrogens with zero attached hydrogens (tertiary/aromatic N) is 2. The number of aliphatic hydroxyl groups excluding tert-OH is 1. The standard InChI is InChI=1S/C22H30N2O2/c1-3-7-16-14-19(17-8-5-6-9-18(17)23-16)24-12-10-22(11-13-24)20(25)15-21(22)26-4-2/h5-6,8-9,14,20-21,25H,3-4,7,10-13,15H2,1-2H3. The van der Waals surface area contributed by atoms with Gasteiger partial charge in [-0.3, -0.25) is 4.98 Å². The Morgan fingerprint density at radius 1 is 1.23 bits per heavy atom. The van der Waals surface area contributed by atoms with Crippen molar-refractivity contribution in [1.29, 1.82) is 0 Å². The minimum Gasteiger partial charge on any atom is -0.392 e. The molecule has 0 radical (unpaired) electrons.